The summed E-state index contributed by atoms with van der Waals surface area (Å²) in [5.41, 5.74) is 5.23. The van der Waals surface area contributed by atoms with Gasteiger partial charge in [-0.1, -0.05) is 6.07 Å². The summed E-state index contributed by atoms with van der Waals surface area (Å²) in [7, 11) is -3.65. The highest BCUT2D eigenvalue weighted by atomic mass is 32.2. The van der Waals surface area contributed by atoms with Gasteiger partial charge in [0.25, 0.3) is 0 Å². The molecule has 0 bridgehead atoms. The van der Waals surface area contributed by atoms with E-state index >= 15 is 0 Å². The number of sulfone groups is 1. The Morgan fingerprint density at radius 1 is 1.53 bits per heavy atom. The zero-order valence-corrected chi connectivity index (χ0v) is 9.87. The molecule has 1 aromatic rings. The molecular formula is C10H12FNO4S. The fraction of sp³-hybridized carbons (Fsp3) is 0.300. The molecule has 1 aromatic carbocycles. The Morgan fingerprint density at radius 3 is 2.59 bits per heavy atom. The summed E-state index contributed by atoms with van der Waals surface area (Å²) >= 11 is 0. The lowest BCUT2D eigenvalue weighted by atomic mass is 10.0. The van der Waals surface area contributed by atoms with E-state index in [-0.39, 0.29) is 10.5 Å². The average molecular weight is 261 g/mol. The zero-order valence-electron chi connectivity index (χ0n) is 9.05. The minimum Gasteiger partial charge on any atom is -0.481 e. The molecule has 0 aliphatic heterocycles. The molecule has 1 atom stereocenters. The van der Waals surface area contributed by atoms with Crippen LogP contribution in [0.5, 0.6) is 0 Å². The molecule has 0 heterocycles. The first-order valence-corrected chi connectivity index (χ1v) is 6.58. The highest BCUT2D eigenvalue weighted by Gasteiger charge is 2.23. The molecule has 0 spiro atoms. The smallest absolute Gasteiger partial charge is 0.305 e. The quantitative estimate of drug-likeness (QED) is 0.831. The maximum absolute atomic E-state index is 13.5. The van der Waals surface area contributed by atoms with Crippen LogP contribution in [0.25, 0.3) is 0 Å². The molecule has 0 aliphatic rings. The van der Waals surface area contributed by atoms with E-state index in [2.05, 4.69) is 0 Å². The molecule has 0 saturated heterocycles. The Labute approximate surface area is 98.0 Å². The van der Waals surface area contributed by atoms with Crippen molar-refractivity contribution in [3.05, 3.63) is 29.6 Å². The van der Waals surface area contributed by atoms with Crippen LogP contribution in [0.1, 0.15) is 18.0 Å². The molecule has 0 radical (unpaired) electrons. The SMILES string of the molecule is CS(=O)(=O)c1cccc(F)c1C(N)CC(=O)O. The van der Waals surface area contributed by atoms with Crippen molar-refractivity contribution in [1.29, 1.82) is 0 Å². The Kier molecular flexibility index (Phi) is 3.84. The summed E-state index contributed by atoms with van der Waals surface area (Å²) < 4.78 is 36.4. The van der Waals surface area contributed by atoms with Crippen molar-refractivity contribution < 1.29 is 22.7 Å². The minimum absolute atomic E-state index is 0.272. The molecule has 3 N–H and O–H groups in total. The minimum atomic E-state index is -3.65. The van der Waals surface area contributed by atoms with E-state index in [9.17, 15) is 17.6 Å². The molecule has 7 heteroatoms. The average Bonchev–Trinajstić information content (AvgIpc) is 2.14. The predicted molar refractivity (Wildman–Crippen MR) is 58.7 cm³/mol. The number of aliphatic carboxylic acids is 1. The Bertz CT molecular complexity index is 541. The van der Waals surface area contributed by atoms with Gasteiger partial charge in [-0.25, -0.2) is 12.8 Å². The maximum Gasteiger partial charge on any atom is 0.305 e. The first kappa shape index (κ1) is 13.6. The van der Waals surface area contributed by atoms with Gasteiger partial charge >= 0.3 is 5.97 Å². The summed E-state index contributed by atoms with van der Waals surface area (Å²) in [6, 6.07) is 2.29. The molecule has 0 aliphatic carbocycles. The van der Waals surface area contributed by atoms with Gasteiger partial charge in [0.05, 0.1) is 11.3 Å². The van der Waals surface area contributed by atoms with Crippen molar-refractivity contribution >= 4 is 15.8 Å². The van der Waals surface area contributed by atoms with Crippen LogP contribution in [-0.4, -0.2) is 25.7 Å². The number of benzene rings is 1. The second-order valence-electron chi connectivity index (χ2n) is 3.63. The number of carbonyl (C=O) groups is 1. The van der Waals surface area contributed by atoms with E-state index in [1.807, 2.05) is 0 Å². The van der Waals surface area contributed by atoms with Crippen molar-refractivity contribution in [2.75, 3.05) is 6.26 Å². The van der Waals surface area contributed by atoms with Crippen LogP contribution >= 0.6 is 0 Å². The number of nitrogens with two attached hydrogens (primary N) is 1. The second kappa shape index (κ2) is 4.80. The summed E-state index contributed by atoms with van der Waals surface area (Å²) in [5.74, 6) is -2.04. The Balaban J connectivity index is 3.35. The van der Waals surface area contributed by atoms with Gasteiger partial charge in [-0.05, 0) is 12.1 Å². The largest absolute Gasteiger partial charge is 0.481 e. The zero-order chi connectivity index (χ0) is 13.2. The highest BCUT2D eigenvalue weighted by Crippen LogP contribution is 2.25. The summed E-state index contributed by atoms with van der Waals surface area (Å²) in [6.07, 6.45) is 0.377. The third kappa shape index (κ3) is 3.24. The normalized spacial score (nSPS) is 13.4. The number of carboxylic acid groups (broad SMARTS) is 1. The van der Waals surface area contributed by atoms with Crippen molar-refractivity contribution in [1.82, 2.24) is 0 Å². The van der Waals surface area contributed by atoms with E-state index in [0.717, 1.165) is 12.3 Å². The first-order chi connectivity index (χ1) is 7.73. The lowest BCUT2D eigenvalue weighted by molar-refractivity contribution is -0.137. The van der Waals surface area contributed by atoms with Crippen LogP contribution in [0.4, 0.5) is 4.39 Å². The third-order valence-corrected chi connectivity index (χ3v) is 3.33. The van der Waals surface area contributed by atoms with Crippen LogP contribution in [-0.2, 0) is 14.6 Å². The second-order valence-corrected chi connectivity index (χ2v) is 5.61. The van der Waals surface area contributed by atoms with Crippen molar-refractivity contribution in [3.63, 3.8) is 0 Å². The molecule has 17 heavy (non-hydrogen) atoms. The number of carboxylic acids is 1. The van der Waals surface area contributed by atoms with Crippen molar-refractivity contribution in [3.8, 4) is 0 Å². The van der Waals surface area contributed by atoms with Gasteiger partial charge in [0.2, 0.25) is 0 Å². The monoisotopic (exact) mass is 261 g/mol. The van der Waals surface area contributed by atoms with Gasteiger partial charge in [0, 0.05) is 17.9 Å². The first-order valence-electron chi connectivity index (χ1n) is 4.69. The fourth-order valence-electron chi connectivity index (χ4n) is 1.49. The van der Waals surface area contributed by atoms with Gasteiger partial charge in [-0.15, -0.1) is 0 Å². The van der Waals surface area contributed by atoms with Gasteiger partial charge < -0.3 is 10.8 Å². The Morgan fingerprint density at radius 2 is 2.12 bits per heavy atom. The maximum atomic E-state index is 13.5. The summed E-state index contributed by atoms with van der Waals surface area (Å²) in [6.45, 7) is 0. The molecular weight excluding hydrogens is 249 g/mol. The third-order valence-electron chi connectivity index (χ3n) is 2.18. The van der Waals surface area contributed by atoms with Crippen molar-refractivity contribution in [2.45, 2.75) is 17.4 Å². The number of hydrogen-bond acceptors (Lipinski definition) is 4. The van der Waals surface area contributed by atoms with E-state index in [1.165, 1.54) is 12.1 Å². The van der Waals surface area contributed by atoms with Crippen LogP contribution < -0.4 is 5.73 Å². The highest BCUT2D eigenvalue weighted by molar-refractivity contribution is 7.90. The number of hydrogen-bond donors (Lipinski definition) is 2. The lowest BCUT2D eigenvalue weighted by Gasteiger charge is -2.14. The summed E-state index contributed by atoms with van der Waals surface area (Å²) in [5, 5.41) is 8.58. The van der Waals surface area contributed by atoms with E-state index < -0.39 is 34.1 Å². The van der Waals surface area contributed by atoms with E-state index in [1.54, 1.807) is 0 Å². The van der Waals surface area contributed by atoms with Crippen LogP contribution in [0.3, 0.4) is 0 Å². The topological polar surface area (TPSA) is 97.5 Å². The molecule has 1 unspecified atom stereocenters. The predicted octanol–water partition coefficient (Wildman–Crippen LogP) is 0.704. The number of halogens is 1. The van der Waals surface area contributed by atoms with Crippen LogP contribution in [0.2, 0.25) is 0 Å². The number of rotatable bonds is 4. The van der Waals surface area contributed by atoms with E-state index in [4.69, 9.17) is 10.8 Å². The fourth-order valence-corrected chi connectivity index (χ4v) is 2.46. The van der Waals surface area contributed by atoms with Gasteiger partial charge in [0.15, 0.2) is 9.84 Å². The Hall–Kier alpha value is -1.47. The molecule has 5 nitrogen and oxygen atoms in total. The molecule has 0 aromatic heterocycles. The van der Waals surface area contributed by atoms with Crippen LogP contribution in [0.15, 0.2) is 23.1 Å². The molecule has 1 rings (SSSR count). The van der Waals surface area contributed by atoms with Gasteiger partial charge in [-0.2, -0.15) is 0 Å². The molecule has 94 valence electrons. The van der Waals surface area contributed by atoms with Crippen molar-refractivity contribution in [2.24, 2.45) is 5.73 Å². The van der Waals surface area contributed by atoms with Gasteiger partial charge in [0.1, 0.15) is 5.82 Å². The van der Waals surface area contributed by atoms with Crippen LogP contribution in [0, 0.1) is 5.82 Å². The molecule has 0 amide bonds. The van der Waals surface area contributed by atoms with Gasteiger partial charge in [-0.3, -0.25) is 4.79 Å². The standard InChI is InChI=1S/C10H12FNO4S/c1-17(15,16)8-4-2-3-6(11)10(8)7(12)5-9(13)14/h2-4,7H,5,12H2,1H3,(H,13,14). The van der Waals surface area contributed by atoms with E-state index in [0.29, 0.717) is 0 Å². The molecule has 0 fully saturated rings. The molecule has 0 saturated carbocycles. The lowest BCUT2D eigenvalue weighted by Crippen LogP contribution is -2.19. The summed E-state index contributed by atoms with van der Waals surface area (Å²) in [4.78, 5) is 10.2.